The van der Waals surface area contributed by atoms with Crippen LogP contribution in [0.4, 0.5) is 0 Å². The Morgan fingerprint density at radius 3 is 2.55 bits per heavy atom. The summed E-state index contributed by atoms with van der Waals surface area (Å²) in [7, 11) is 1.54. The Morgan fingerprint density at radius 2 is 1.85 bits per heavy atom. The summed E-state index contributed by atoms with van der Waals surface area (Å²) in [5.74, 6) is -0.673. The van der Waals surface area contributed by atoms with Crippen LogP contribution in [0.3, 0.4) is 0 Å². The molecule has 2 aromatic rings. The Balaban J connectivity index is 1.27. The van der Waals surface area contributed by atoms with Gasteiger partial charge in [-0.2, -0.15) is 0 Å². The first kappa shape index (κ1) is 28.1. The van der Waals surface area contributed by atoms with Crippen LogP contribution in [0.15, 0.2) is 47.1 Å². The number of allylic oxidation sites excluding steroid dienone is 1. The molecule has 1 unspecified atom stereocenters. The van der Waals surface area contributed by atoms with Gasteiger partial charge in [-0.25, -0.2) is 0 Å². The number of benzene rings is 1. The zero-order valence-corrected chi connectivity index (χ0v) is 23.4. The third kappa shape index (κ3) is 5.99. The summed E-state index contributed by atoms with van der Waals surface area (Å²) < 4.78 is 10.6. The summed E-state index contributed by atoms with van der Waals surface area (Å²) in [6.45, 7) is 2.97. The lowest BCUT2D eigenvalue weighted by molar-refractivity contribution is -0.141. The summed E-state index contributed by atoms with van der Waals surface area (Å²) >= 11 is 0. The van der Waals surface area contributed by atoms with Crippen LogP contribution in [0.1, 0.15) is 80.0 Å². The van der Waals surface area contributed by atoms with Crippen LogP contribution in [-0.4, -0.2) is 66.2 Å². The van der Waals surface area contributed by atoms with Crippen molar-refractivity contribution in [1.29, 1.82) is 0 Å². The summed E-state index contributed by atoms with van der Waals surface area (Å²) in [5, 5.41) is 9.38. The van der Waals surface area contributed by atoms with Crippen molar-refractivity contribution in [3.8, 4) is 0 Å². The van der Waals surface area contributed by atoms with Gasteiger partial charge in [0, 0.05) is 31.7 Å². The summed E-state index contributed by atoms with van der Waals surface area (Å²) in [4.78, 5) is 42.1. The van der Waals surface area contributed by atoms with Crippen LogP contribution in [0.5, 0.6) is 0 Å². The standard InChI is InChI=1S/C31H40N4O5/c1-21(39-2)27(30(38)35-18-15-31(16-19-35)14-12-23-10-6-7-11-24(23)31)34-28(36)25(20-22-8-4-3-5-9-22)33-29(37)26-13-17-32-40-26/h6-7,10-14,17,21-22,25,27H,3-5,8-9,15-16,18-20H2,1-2H3,(H,33,37)(H,34,36)/t21-,25?,27+/m1/s1. The van der Waals surface area contributed by atoms with E-state index in [1.807, 2.05) is 4.90 Å². The van der Waals surface area contributed by atoms with E-state index in [0.717, 1.165) is 38.5 Å². The highest BCUT2D eigenvalue weighted by Gasteiger charge is 2.41. The molecule has 9 heteroatoms. The zero-order valence-electron chi connectivity index (χ0n) is 23.4. The first-order valence-electron chi connectivity index (χ1n) is 14.5. The number of likely N-dealkylation sites (tertiary alicyclic amines) is 1. The number of rotatable bonds is 9. The van der Waals surface area contributed by atoms with Crippen molar-refractivity contribution >= 4 is 23.8 Å². The fraction of sp³-hybridized carbons (Fsp3) is 0.548. The van der Waals surface area contributed by atoms with Gasteiger partial charge in [0.1, 0.15) is 12.1 Å². The van der Waals surface area contributed by atoms with E-state index < -0.39 is 24.1 Å². The number of amides is 3. The Bertz CT molecular complexity index is 1210. The second-order valence-corrected chi connectivity index (χ2v) is 11.5. The molecule has 2 N–H and O–H groups in total. The molecule has 1 aromatic carbocycles. The Labute approximate surface area is 235 Å². The third-order valence-electron chi connectivity index (χ3n) is 9.03. The van der Waals surface area contributed by atoms with Crippen LogP contribution in [0.2, 0.25) is 0 Å². The lowest BCUT2D eigenvalue weighted by atomic mass is 9.74. The fourth-order valence-corrected chi connectivity index (χ4v) is 6.51. The monoisotopic (exact) mass is 548 g/mol. The molecule has 1 saturated heterocycles. The van der Waals surface area contributed by atoms with Gasteiger partial charge < -0.3 is 24.8 Å². The number of aromatic nitrogens is 1. The van der Waals surface area contributed by atoms with Crippen LogP contribution in [0.25, 0.3) is 6.08 Å². The molecule has 1 saturated carbocycles. The molecule has 3 amide bonds. The maximum Gasteiger partial charge on any atom is 0.290 e. The molecule has 40 heavy (non-hydrogen) atoms. The van der Waals surface area contributed by atoms with Gasteiger partial charge in [-0.05, 0) is 43.2 Å². The van der Waals surface area contributed by atoms with Gasteiger partial charge in [0.05, 0.1) is 12.3 Å². The molecular formula is C31H40N4O5. The smallest absolute Gasteiger partial charge is 0.290 e. The van der Waals surface area contributed by atoms with Crippen molar-refractivity contribution in [3.63, 3.8) is 0 Å². The summed E-state index contributed by atoms with van der Waals surface area (Å²) in [6, 6.07) is 8.24. The van der Waals surface area contributed by atoms with Gasteiger partial charge in [-0.3, -0.25) is 14.4 Å². The van der Waals surface area contributed by atoms with Crippen molar-refractivity contribution in [2.45, 2.75) is 81.9 Å². The van der Waals surface area contributed by atoms with Gasteiger partial charge in [0.15, 0.2) is 0 Å². The zero-order chi connectivity index (χ0) is 28.1. The number of hydrogen-bond acceptors (Lipinski definition) is 6. The number of nitrogens with one attached hydrogen (secondary N) is 2. The molecule has 2 heterocycles. The molecule has 5 rings (SSSR count). The number of nitrogens with zero attached hydrogens (tertiary/aromatic N) is 2. The van der Waals surface area contributed by atoms with Gasteiger partial charge in [-0.1, -0.05) is 73.7 Å². The number of carbonyl (C=O) groups is 3. The SMILES string of the molecule is CO[C@H](C)[C@H](NC(=O)C(CC1CCCCC1)NC(=O)c1ccno1)C(=O)N1CCC2(C=Cc3ccccc32)CC1. The largest absolute Gasteiger partial charge is 0.379 e. The molecule has 3 aliphatic rings. The topological polar surface area (TPSA) is 114 Å². The maximum atomic E-state index is 13.8. The Morgan fingerprint density at radius 1 is 1.10 bits per heavy atom. The third-order valence-corrected chi connectivity index (χ3v) is 9.03. The molecule has 1 spiro atoms. The van der Waals surface area contributed by atoms with Crippen LogP contribution in [-0.2, 0) is 19.7 Å². The van der Waals surface area contributed by atoms with Crippen molar-refractivity contribution in [1.82, 2.24) is 20.7 Å². The average molecular weight is 549 g/mol. The first-order chi connectivity index (χ1) is 19.4. The van der Waals surface area contributed by atoms with Gasteiger partial charge >= 0.3 is 0 Å². The average Bonchev–Trinajstić information content (AvgIpc) is 3.65. The van der Waals surface area contributed by atoms with Crippen LogP contribution < -0.4 is 10.6 Å². The van der Waals surface area contributed by atoms with E-state index in [0.29, 0.717) is 25.4 Å². The predicted octanol–water partition coefficient (Wildman–Crippen LogP) is 3.85. The van der Waals surface area contributed by atoms with Crippen LogP contribution >= 0.6 is 0 Å². The second-order valence-electron chi connectivity index (χ2n) is 11.5. The van der Waals surface area contributed by atoms with Gasteiger partial charge in [-0.15, -0.1) is 0 Å². The number of hydrogen-bond donors (Lipinski definition) is 2. The van der Waals surface area contributed by atoms with E-state index in [2.05, 4.69) is 52.2 Å². The van der Waals surface area contributed by atoms with E-state index in [-0.39, 0.29) is 23.0 Å². The Kier molecular flexibility index (Phi) is 8.69. The number of piperidine rings is 1. The van der Waals surface area contributed by atoms with Crippen molar-refractivity contribution in [3.05, 3.63) is 59.5 Å². The minimum Gasteiger partial charge on any atom is -0.379 e. The van der Waals surface area contributed by atoms with E-state index in [1.165, 1.54) is 36.9 Å². The highest BCUT2D eigenvalue weighted by atomic mass is 16.5. The van der Waals surface area contributed by atoms with Gasteiger partial charge in [0.25, 0.3) is 5.91 Å². The lowest BCUT2D eigenvalue weighted by Crippen LogP contribution is -2.59. The molecule has 2 fully saturated rings. The number of fused-ring (bicyclic) bond motifs is 2. The van der Waals surface area contributed by atoms with Gasteiger partial charge in [0.2, 0.25) is 17.6 Å². The quantitative estimate of drug-likeness (QED) is 0.492. The molecule has 214 valence electrons. The second kappa shape index (κ2) is 12.4. The number of methoxy groups -OCH3 is 1. The maximum absolute atomic E-state index is 13.8. The van der Waals surface area contributed by atoms with E-state index in [9.17, 15) is 14.4 Å². The summed E-state index contributed by atoms with van der Waals surface area (Å²) in [5.41, 5.74) is 2.52. The molecule has 3 atom stereocenters. The molecule has 1 aromatic heterocycles. The lowest BCUT2D eigenvalue weighted by Gasteiger charge is -2.41. The molecule has 2 aliphatic carbocycles. The number of carbonyl (C=O) groups excluding carboxylic acids is 3. The highest BCUT2D eigenvalue weighted by Crippen LogP contribution is 2.43. The van der Waals surface area contributed by atoms with Crippen molar-refractivity contribution in [2.75, 3.05) is 20.2 Å². The van der Waals surface area contributed by atoms with Crippen molar-refractivity contribution in [2.24, 2.45) is 5.92 Å². The normalized spacial score (nSPS) is 20.5. The number of ether oxygens (including phenoxy) is 1. The van der Waals surface area contributed by atoms with E-state index in [4.69, 9.17) is 9.26 Å². The molecule has 0 bridgehead atoms. The Hall–Kier alpha value is -3.46. The van der Waals surface area contributed by atoms with E-state index in [1.54, 1.807) is 6.92 Å². The highest BCUT2D eigenvalue weighted by molar-refractivity contribution is 5.96. The summed E-state index contributed by atoms with van der Waals surface area (Å²) in [6.07, 6.45) is 12.9. The fourth-order valence-electron chi connectivity index (χ4n) is 6.51. The molecule has 9 nitrogen and oxygen atoms in total. The van der Waals surface area contributed by atoms with Crippen molar-refractivity contribution < 1.29 is 23.6 Å². The molecular weight excluding hydrogens is 508 g/mol. The van der Waals surface area contributed by atoms with Crippen LogP contribution in [0, 0.1) is 5.92 Å². The first-order valence-corrected chi connectivity index (χ1v) is 14.5. The molecule has 0 radical (unpaired) electrons. The minimum atomic E-state index is -0.867. The minimum absolute atomic E-state index is 0.0455. The molecule has 1 aliphatic heterocycles. The predicted molar refractivity (Wildman–Crippen MR) is 150 cm³/mol. The van der Waals surface area contributed by atoms with E-state index >= 15 is 0 Å².